The summed E-state index contributed by atoms with van der Waals surface area (Å²) >= 11 is 0. The van der Waals surface area contributed by atoms with E-state index in [4.69, 9.17) is 10.2 Å². The van der Waals surface area contributed by atoms with Crippen LogP contribution in [0.5, 0.6) is 0 Å². The van der Waals surface area contributed by atoms with Crippen molar-refractivity contribution in [3.05, 3.63) is 13.8 Å². The molecule has 154 valence electrons. The Labute approximate surface area is 180 Å². The molecule has 0 heterocycles. The second-order valence-corrected chi connectivity index (χ2v) is 5.95. The van der Waals surface area contributed by atoms with E-state index in [0.29, 0.717) is 0 Å². The third-order valence-electron chi connectivity index (χ3n) is 3.71. The molecule has 3 heteroatoms. The molecule has 0 aliphatic rings. The topological polar surface area (TPSA) is 40.5 Å². The van der Waals surface area contributed by atoms with E-state index in [9.17, 15) is 0 Å². The summed E-state index contributed by atoms with van der Waals surface area (Å²) in [4.78, 5) is 0. The van der Waals surface area contributed by atoms with Crippen LogP contribution in [-0.4, -0.2) is 24.4 Å². The second-order valence-electron chi connectivity index (χ2n) is 5.95. The van der Waals surface area contributed by atoms with Gasteiger partial charge in [-0.2, -0.15) is 12.8 Å². The Morgan fingerprint density at radius 1 is 0.440 bits per heavy atom. The Hall–Kier alpha value is 0.803. The summed E-state index contributed by atoms with van der Waals surface area (Å²) in [7, 11) is 2.00. The Balaban J connectivity index is -0.0000000858. The summed E-state index contributed by atoms with van der Waals surface area (Å²) in [5.41, 5.74) is 0. The normalized spacial score (nSPS) is 8.64. The molecule has 0 atom stereocenters. The average Bonchev–Trinajstić information content (AvgIpc) is 2.65. The summed E-state index contributed by atoms with van der Waals surface area (Å²) in [5, 5.41) is 14.0. The zero-order valence-electron chi connectivity index (χ0n) is 18.1. The van der Waals surface area contributed by atoms with Crippen molar-refractivity contribution < 1.29 is 36.4 Å². The van der Waals surface area contributed by atoms with Crippen LogP contribution >= 0.6 is 0 Å². The molecule has 0 spiro atoms. The first kappa shape index (κ1) is 36.7. The first-order valence-electron chi connectivity index (χ1n) is 10.3. The number of rotatable bonds is 14. The van der Waals surface area contributed by atoms with Crippen LogP contribution in [0.15, 0.2) is 0 Å². The minimum absolute atomic E-state index is 0. The van der Waals surface area contributed by atoms with Crippen LogP contribution in [0.1, 0.15) is 117 Å². The van der Waals surface area contributed by atoms with Gasteiger partial charge in [0.1, 0.15) is 0 Å². The van der Waals surface area contributed by atoms with E-state index in [1.54, 1.807) is 0 Å². The van der Waals surface area contributed by atoms with Gasteiger partial charge in [-0.1, -0.05) is 104 Å². The molecule has 0 bridgehead atoms. The van der Waals surface area contributed by atoms with Crippen molar-refractivity contribution in [1.29, 1.82) is 0 Å². The molecule has 0 aromatic rings. The van der Waals surface area contributed by atoms with E-state index in [0.717, 1.165) is 27.1 Å². The molecule has 0 aliphatic heterocycles. The molecule has 0 aliphatic carbocycles. The maximum absolute atomic E-state index is 7.00. The Morgan fingerprint density at radius 3 is 0.840 bits per heavy atom. The van der Waals surface area contributed by atoms with Gasteiger partial charge >= 0.3 is 26.2 Å². The van der Waals surface area contributed by atoms with Crippen LogP contribution in [0.3, 0.4) is 0 Å². The molecule has 0 aromatic heterocycles. The van der Waals surface area contributed by atoms with Gasteiger partial charge < -0.3 is 24.1 Å². The smallest absolute Gasteiger partial charge is 0.400 e. The van der Waals surface area contributed by atoms with Gasteiger partial charge in [-0.15, -0.1) is 0 Å². The molecule has 0 fully saturated rings. The van der Waals surface area contributed by atoms with Crippen molar-refractivity contribution in [3.8, 4) is 0 Å². The summed E-state index contributed by atoms with van der Waals surface area (Å²) in [6, 6.07) is 0. The molecule has 0 saturated carbocycles. The second kappa shape index (κ2) is 49.8. The first-order valence-corrected chi connectivity index (χ1v) is 10.3. The third-order valence-corrected chi connectivity index (χ3v) is 3.71. The maximum atomic E-state index is 7.00. The maximum Gasteiger partial charge on any atom is 2.00 e. The summed E-state index contributed by atoms with van der Waals surface area (Å²) in [6.07, 6.45) is 21.8. The molecule has 25 heavy (non-hydrogen) atoms. The van der Waals surface area contributed by atoms with Crippen LogP contribution in [0.2, 0.25) is 0 Å². The average molecular weight is 438 g/mol. The monoisotopic (exact) mass is 436 g/mol. The minimum atomic E-state index is 0. The van der Waals surface area contributed by atoms with E-state index >= 15 is 0 Å². The van der Waals surface area contributed by atoms with Gasteiger partial charge in [0.25, 0.3) is 0 Å². The summed E-state index contributed by atoms with van der Waals surface area (Å²) in [5.74, 6) is 0. The minimum Gasteiger partial charge on any atom is -0.400 e. The van der Waals surface area contributed by atoms with Crippen LogP contribution in [0.4, 0.5) is 0 Å². The third kappa shape index (κ3) is 58.9. The first-order chi connectivity index (χ1) is 11.8. The van der Waals surface area contributed by atoms with Gasteiger partial charge in [0.15, 0.2) is 0 Å². The standard InChI is InChI=1S/2C10H21.2CH4O.Zr/c2*1-3-5-7-9-10-8-6-4-2;2*1-2;/h2*1,3-10H2,2H3;2*2H,1H3;/q2*-1;;;+2. The molecule has 0 unspecified atom stereocenters. The molecule has 0 rings (SSSR count). The molecular weight excluding hydrogens is 387 g/mol. The van der Waals surface area contributed by atoms with Gasteiger partial charge in [0, 0.05) is 14.2 Å². The zero-order valence-corrected chi connectivity index (χ0v) is 20.6. The molecule has 2 N–H and O–H groups in total. The van der Waals surface area contributed by atoms with Crippen molar-refractivity contribution in [1.82, 2.24) is 0 Å². The van der Waals surface area contributed by atoms with Crippen LogP contribution in [0.25, 0.3) is 0 Å². The molecule has 0 amide bonds. The predicted molar refractivity (Wildman–Crippen MR) is 112 cm³/mol. The van der Waals surface area contributed by atoms with Gasteiger partial charge in [0.2, 0.25) is 0 Å². The Bertz CT molecular complexity index is 112. The van der Waals surface area contributed by atoms with Crippen molar-refractivity contribution in [2.75, 3.05) is 14.2 Å². The van der Waals surface area contributed by atoms with E-state index < -0.39 is 0 Å². The van der Waals surface area contributed by atoms with Crippen molar-refractivity contribution in [3.63, 3.8) is 0 Å². The van der Waals surface area contributed by atoms with Gasteiger partial charge in [-0.3, -0.25) is 0 Å². The van der Waals surface area contributed by atoms with Crippen molar-refractivity contribution in [2.24, 2.45) is 0 Å². The number of hydrogen-bond acceptors (Lipinski definition) is 2. The van der Waals surface area contributed by atoms with Gasteiger partial charge in [0.05, 0.1) is 0 Å². The van der Waals surface area contributed by atoms with E-state index in [2.05, 4.69) is 27.7 Å². The zero-order chi connectivity index (χ0) is 19.3. The quantitative estimate of drug-likeness (QED) is 0.224. The fraction of sp³-hybridized carbons (Fsp3) is 0.909. The fourth-order valence-corrected chi connectivity index (χ4v) is 2.27. The molecule has 0 aromatic carbocycles. The van der Waals surface area contributed by atoms with Gasteiger partial charge in [-0.05, 0) is 0 Å². The van der Waals surface area contributed by atoms with Crippen LogP contribution in [-0.2, 0) is 26.2 Å². The predicted octanol–water partition coefficient (Wildman–Crippen LogP) is 7.14. The molecule has 2 nitrogen and oxygen atoms in total. The van der Waals surface area contributed by atoms with Crippen LogP contribution in [0, 0.1) is 13.8 Å². The van der Waals surface area contributed by atoms with E-state index in [-0.39, 0.29) is 26.2 Å². The molecule has 0 radical (unpaired) electrons. The largest absolute Gasteiger partial charge is 2.00 e. The van der Waals surface area contributed by atoms with Crippen molar-refractivity contribution in [2.45, 2.75) is 117 Å². The Kier molecular flexibility index (Phi) is 73.0. The van der Waals surface area contributed by atoms with Crippen LogP contribution < -0.4 is 0 Å². The molecular formula is C22H50O2Zr. The number of hydrogen-bond donors (Lipinski definition) is 2. The van der Waals surface area contributed by atoms with E-state index in [1.165, 1.54) is 89.9 Å². The molecule has 0 saturated heterocycles. The SMILES string of the molecule is CO.CO.[CH2-]CCCCCCCCC.[CH2-]CCCCCCCCC.[Zr+2]. The summed E-state index contributed by atoms with van der Waals surface area (Å²) < 4.78 is 0. The van der Waals surface area contributed by atoms with Gasteiger partial charge in [-0.25, -0.2) is 0 Å². The number of aliphatic hydroxyl groups is 2. The van der Waals surface area contributed by atoms with Crippen molar-refractivity contribution >= 4 is 0 Å². The Morgan fingerprint density at radius 2 is 0.640 bits per heavy atom. The number of aliphatic hydroxyl groups excluding tert-OH is 2. The fourth-order valence-electron chi connectivity index (χ4n) is 2.27. The van der Waals surface area contributed by atoms with E-state index in [1.807, 2.05) is 0 Å². The summed E-state index contributed by atoms with van der Waals surface area (Å²) in [6.45, 7) is 12.2. The number of unbranched alkanes of at least 4 members (excludes halogenated alkanes) is 14.